The highest BCUT2D eigenvalue weighted by molar-refractivity contribution is 6.30. The molecule has 1 aromatic carbocycles. The van der Waals surface area contributed by atoms with Crippen LogP contribution in [0.2, 0.25) is 5.02 Å². The number of esters is 1. The van der Waals surface area contributed by atoms with E-state index in [1.807, 2.05) is 18.2 Å². The van der Waals surface area contributed by atoms with E-state index in [9.17, 15) is 4.79 Å². The summed E-state index contributed by atoms with van der Waals surface area (Å²) in [6, 6.07) is 5.81. The molecule has 2 nitrogen and oxygen atoms in total. The number of carbonyl (C=O) groups excluding carboxylic acids is 1. The van der Waals surface area contributed by atoms with Gasteiger partial charge in [0.2, 0.25) is 0 Å². The third-order valence-corrected chi connectivity index (χ3v) is 2.61. The molecule has 0 bridgehead atoms. The second-order valence-electron chi connectivity index (χ2n) is 3.34. The Hall–Kier alpha value is -1.02. The summed E-state index contributed by atoms with van der Waals surface area (Å²) < 4.78 is 4.60. The summed E-state index contributed by atoms with van der Waals surface area (Å²) in [6.07, 6.45) is 2.05. The van der Waals surface area contributed by atoms with Gasteiger partial charge < -0.3 is 4.74 Å². The normalized spacial score (nSPS) is 10.1. The molecule has 0 unspecified atom stereocenters. The first kappa shape index (κ1) is 12.1. The van der Waals surface area contributed by atoms with Crippen molar-refractivity contribution in [2.75, 3.05) is 7.11 Å². The molecule has 0 aliphatic carbocycles. The Morgan fingerprint density at radius 3 is 2.73 bits per heavy atom. The smallest absolute Gasteiger partial charge is 0.305 e. The van der Waals surface area contributed by atoms with E-state index in [-0.39, 0.29) is 5.97 Å². The predicted molar refractivity (Wildman–Crippen MR) is 61.2 cm³/mol. The fraction of sp³-hybridized carbons (Fsp3) is 0.417. The first-order valence-corrected chi connectivity index (χ1v) is 5.39. The van der Waals surface area contributed by atoms with Crippen LogP contribution in [0.1, 0.15) is 24.5 Å². The van der Waals surface area contributed by atoms with Gasteiger partial charge in [-0.1, -0.05) is 24.6 Å². The van der Waals surface area contributed by atoms with Crippen LogP contribution in [0.5, 0.6) is 0 Å². The van der Waals surface area contributed by atoms with Gasteiger partial charge in [0.1, 0.15) is 0 Å². The SMILES string of the molecule is CCc1ccc(Cl)cc1CCC(=O)OC. The quantitative estimate of drug-likeness (QED) is 0.738. The highest BCUT2D eigenvalue weighted by atomic mass is 35.5. The molecule has 0 saturated carbocycles. The Balaban J connectivity index is 2.74. The van der Waals surface area contributed by atoms with Gasteiger partial charge in [0.15, 0.2) is 0 Å². The molecule has 0 aliphatic heterocycles. The van der Waals surface area contributed by atoms with Gasteiger partial charge in [0.25, 0.3) is 0 Å². The number of ether oxygens (including phenoxy) is 1. The molecule has 0 N–H and O–H groups in total. The fourth-order valence-electron chi connectivity index (χ4n) is 1.51. The lowest BCUT2D eigenvalue weighted by Crippen LogP contribution is -2.03. The molecular weight excluding hydrogens is 212 g/mol. The van der Waals surface area contributed by atoms with Crippen molar-refractivity contribution in [1.82, 2.24) is 0 Å². The summed E-state index contributed by atoms with van der Waals surface area (Å²) >= 11 is 5.91. The average molecular weight is 227 g/mol. The van der Waals surface area contributed by atoms with Gasteiger partial charge in [-0.3, -0.25) is 4.79 Å². The lowest BCUT2D eigenvalue weighted by Gasteiger charge is -2.07. The molecule has 0 radical (unpaired) electrons. The van der Waals surface area contributed by atoms with Crippen molar-refractivity contribution in [1.29, 1.82) is 0 Å². The minimum atomic E-state index is -0.183. The molecule has 82 valence electrons. The molecule has 0 aromatic heterocycles. The van der Waals surface area contributed by atoms with Crippen LogP contribution in [0.15, 0.2) is 18.2 Å². The summed E-state index contributed by atoms with van der Waals surface area (Å²) in [5.74, 6) is -0.183. The highest BCUT2D eigenvalue weighted by Crippen LogP contribution is 2.18. The molecule has 0 spiro atoms. The summed E-state index contributed by atoms with van der Waals surface area (Å²) in [6.45, 7) is 2.09. The van der Waals surface area contributed by atoms with Crippen molar-refractivity contribution in [3.05, 3.63) is 34.3 Å². The molecule has 0 fully saturated rings. The predicted octanol–water partition coefficient (Wildman–Crippen LogP) is 3.01. The van der Waals surface area contributed by atoms with E-state index in [1.54, 1.807) is 0 Å². The second kappa shape index (κ2) is 5.76. The van der Waals surface area contributed by atoms with Crippen LogP contribution < -0.4 is 0 Å². The number of hydrogen-bond acceptors (Lipinski definition) is 2. The van der Waals surface area contributed by atoms with Crippen LogP contribution in [-0.4, -0.2) is 13.1 Å². The minimum absolute atomic E-state index is 0.183. The van der Waals surface area contributed by atoms with Crippen molar-refractivity contribution >= 4 is 17.6 Å². The lowest BCUT2D eigenvalue weighted by atomic mass is 10.0. The molecule has 3 heteroatoms. The first-order valence-electron chi connectivity index (χ1n) is 5.01. The van der Waals surface area contributed by atoms with E-state index in [1.165, 1.54) is 12.7 Å². The Bertz CT molecular complexity index is 347. The summed E-state index contributed by atoms with van der Waals surface area (Å²) in [5, 5.41) is 0.715. The number of halogens is 1. The van der Waals surface area contributed by atoms with Crippen LogP contribution in [-0.2, 0) is 22.4 Å². The number of benzene rings is 1. The Kier molecular flexibility index (Phi) is 4.63. The Morgan fingerprint density at radius 2 is 2.13 bits per heavy atom. The van der Waals surface area contributed by atoms with Crippen LogP contribution in [0.3, 0.4) is 0 Å². The topological polar surface area (TPSA) is 26.3 Å². The summed E-state index contributed by atoms with van der Waals surface area (Å²) in [5.41, 5.74) is 2.37. The second-order valence-corrected chi connectivity index (χ2v) is 3.78. The number of hydrogen-bond donors (Lipinski definition) is 0. The van der Waals surface area contributed by atoms with E-state index in [0.717, 1.165) is 12.0 Å². The first-order chi connectivity index (χ1) is 7.17. The molecule has 1 aromatic rings. The molecule has 15 heavy (non-hydrogen) atoms. The van der Waals surface area contributed by atoms with E-state index in [4.69, 9.17) is 11.6 Å². The number of methoxy groups -OCH3 is 1. The molecule has 0 saturated heterocycles. The Labute approximate surface area is 95.2 Å². The molecular formula is C12H15ClO2. The van der Waals surface area contributed by atoms with Crippen LogP contribution >= 0.6 is 11.6 Å². The average Bonchev–Trinajstić information content (AvgIpc) is 2.26. The monoisotopic (exact) mass is 226 g/mol. The van der Waals surface area contributed by atoms with Crippen molar-refractivity contribution in [3.63, 3.8) is 0 Å². The van der Waals surface area contributed by atoms with Gasteiger partial charge in [-0.25, -0.2) is 0 Å². The van der Waals surface area contributed by atoms with Gasteiger partial charge in [-0.05, 0) is 36.1 Å². The van der Waals surface area contributed by atoms with Crippen molar-refractivity contribution in [3.8, 4) is 0 Å². The van der Waals surface area contributed by atoms with E-state index in [2.05, 4.69) is 11.7 Å². The van der Waals surface area contributed by atoms with E-state index >= 15 is 0 Å². The largest absolute Gasteiger partial charge is 0.469 e. The Morgan fingerprint density at radius 1 is 1.40 bits per heavy atom. The van der Waals surface area contributed by atoms with E-state index < -0.39 is 0 Å². The number of carbonyl (C=O) groups is 1. The third-order valence-electron chi connectivity index (χ3n) is 2.38. The van der Waals surface area contributed by atoms with Gasteiger partial charge in [0.05, 0.1) is 7.11 Å². The standard InChI is InChI=1S/C12H15ClO2/c1-3-9-4-6-11(13)8-10(9)5-7-12(14)15-2/h4,6,8H,3,5,7H2,1-2H3. The van der Waals surface area contributed by atoms with Crippen molar-refractivity contribution in [2.45, 2.75) is 26.2 Å². The molecule has 0 aliphatic rings. The maximum absolute atomic E-state index is 11.0. The fourth-order valence-corrected chi connectivity index (χ4v) is 1.71. The van der Waals surface area contributed by atoms with E-state index in [0.29, 0.717) is 17.9 Å². The lowest BCUT2D eigenvalue weighted by molar-refractivity contribution is -0.140. The summed E-state index contributed by atoms with van der Waals surface area (Å²) in [7, 11) is 1.40. The minimum Gasteiger partial charge on any atom is -0.469 e. The maximum Gasteiger partial charge on any atom is 0.305 e. The molecule has 0 atom stereocenters. The molecule has 1 rings (SSSR count). The highest BCUT2D eigenvalue weighted by Gasteiger charge is 2.05. The molecule has 0 amide bonds. The van der Waals surface area contributed by atoms with Gasteiger partial charge in [-0.15, -0.1) is 0 Å². The maximum atomic E-state index is 11.0. The van der Waals surface area contributed by atoms with Gasteiger partial charge >= 0.3 is 5.97 Å². The zero-order valence-electron chi connectivity index (χ0n) is 9.05. The van der Waals surface area contributed by atoms with Crippen LogP contribution in [0.25, 0.3) is 0 Å². The van der Waals surface area contributed by atoms with Gasteiger partial charge in [0, 0.05) is 11.4 Å². The van der Waals surface area contributed by atoms with Crippen LogP contribution in [0.4, 0.5) is 0 Å². The number of aryl methyl sites for hydroxylation is 2. The zero-order chi connectivity index (χ0) is 11.3. The number of rotatable bonds is 4. The van der Waals surface area contributed by atoms with Gasteiger partial charge in [-0.2, -0.15) is 0 Å². The summed E-state index contributed by atoms with van der Waals surface area (Å²) in [4.78, 5) is 11.0. The van der Waals surface area contributed by atoms with Crippen molar-refractivity contribution in [2.24, 2.45) is 0 Å². The van der Waals surface area contributed by atoms with Crippen molar-refractivity contribution < 1.29 is 9.53 Å². The third kappa shape index (κ3) is 3.56. The van der Waals surface area contributed by atoms with Crippen LogP contribution in [0, 0.1) is 0 Å². The zero-order valence-corrected chi connectivity index (χ0v) is 9.80. The molecule has 0 heterocycles.